The van der Waals surface area contributed by atoms with Crippen LogP contribution in [0.4, 0.5) is 4.39 Å². The molecular weight excluding hydrogens is 329 g/mol. The Bertz CT molecular complexity index is 580. The summed E-state index contributed by atoms with van der Waals surface area (Å²) in [6.45, 7) is 5.23. The predicted molar refractivity (Wildman–Crippen MR) is 90.0 cm³/mol. The lowest BCUT2D eigenvalue weighted by molar-refractivity contribution is 0.526. The van der Waals surface area contributed by atoms with Gasteiger partial charge in [-0.2, -0.15) is 0 Å². The van der Waals surface area contributed by atoms with Gasteiger partial charge in [-0.1, -0.05) is 52.7 Å². The molecule has 0 heterocycles. The Kier molecular flexibility index (Phi) is 5.95. The van der Waals surface area contributed by atoms with Gasteiger partial charge in [-0.3, -0.25) is 0 Å². The van der Waals surface area contributed by atoms with Crippen molar-refractivity contribution in [1.29, 1.82) is 0 Å². The molecule has 3 heteroatoms. The molecule has 1 unspecified atom stereocenters. The lowest BCUT2D eigenvalue weighted by atomic mass is 9.97. The number of halogens is 2. The van der Waals surface area contributed by atoms with E-state index in [2.05, 4.69) is 53.3 Å². The average Bonchev–Trinajstić information content (AvgIpc) is 2.48. The molecule has 1 N–H and O–H groups in total. The van der Waals surface area contributed by atoms with Gasteiger partial charge >= 0.3 is 0 Å². The summed E-state index contributed by atoms with van der Waals surface area (Å²) >= 11 is 3.65. The third-order valence-corrected chi connectivity index (χ3v) is 4.24. The Morgan fingerprint density at radius 3 is 2.52 bits per heavy atom. The second kappa shape index (κ2) is 7.71. The van der Waals surface area contributed by atoms with Gasteiger partial charge in [0.15, 0.2) is 0 Å². The van der Waals surface area contributed by atoms with E-state index >= 15 is 0 Å². The van der Waals surface area contributed by atoms with Crippen LogP contribution in [0.1, 0.15) is 36.1 Å². The third kappa shape index (κ3) is 4.65. The highest BCUT2D eigenvalue weighted by molar-refractivity contribution is 9.10. The predicted octanol–water partition coefficient (Wildman–Crippen LogP) is 5.18. The van der Waals surface area contributed by atoms with Crippen LogP contribution in [-0.4, -0.2) is 6.54 Å². The van der Waals surface area contributed by atoms with Crippen molar-refractivity contribution in [2.24, 2.45) is 0 Å². The highest BCUT2D eigenvalue weighted by atomic mass is 79.9. The minimum Gasteiger partial charge on any atom is -0.310 e. The Balaban J connectivity index is 2.25. The Morgan fingerprint density at radius 1 is 1.14 bits per heavy atom. The number of rotatable bonds is 6. The zero-order chi connectivity index (χ0) is 15.2. The van der Waals surface area contributed by atoms with E-state index in [1.54, 1.807) is 0 Å². The summed E-state index contributed by atoms with van der Waals surface area (Å²) in [6, 6.07) is 13.4. The standard InChI is InChI=1S/C18H21BrFN/c1-3-10-21-18(12-14-5-7-15(20)8-6-14)16-11-13(2)4-9-17(16)19/h4-9,11,18,21H,3,10,12H2,1-2H3. The van der Waals surface area contributed by atoms with Crippen molar-refractivity contribution < 1.29 is 4.39 Å². The maximum absolute atomic E-state index is 13.0. The normalized spacial score (nSPS) is 12.4. The molecule has 0 saturated heterocycles. The monoisotopic (exact) mass is 349 g/mol. The molecule has 0 saturated carbocycles. The van der Waals surface area contributed by atoms with Crippen LogP contribution in [0.2, 0.25) is 0 Å². The van der Waals surface area contributed by atoms with Gasteiger partial charge in [-0.25, -0.2) is 4.39 Å². The van der Waals surface area contributed by atoms with Gasteiger partial charge in [0.05, 0.1) is 0 Å². The fourth-order valence-corrected chi connectivity index (χ4v) is 2.92. The van der Waals surface area contributed by atoms with E-state index in [0.29, 0.717) is 0 Å². The second-order valence-electron chi connectivity index (χ2n) is 5.36. The molecule has 0 fully saturated rings. The first-order valence-electron chi connectivity index (χ1n) is 7.34. The van der Waals surface area contributed by atoms with Crippen molar-refractivity contribution in [2.75, 3.05) is 6.54 Å². The number of hydrogen-bond acceptors (Lipinski definition) is 1. The van der Waals surface area contributed by atoms with Crippen molar-refractivity contribution in [3.63, 3.8) is 0 Å². The van der Waals surface area contributed by atoms with Gasteiger partial charge in [-0.05, 0) is 55.6 Å². The molecule has 0 aliphatic heterocycles. The Hall–Kier alpha value is -1.19. The van der Waals surface area contributed by atoms with E-state index in [1.807, 2.05) is 12.1 Å². The van der Waals surface area contributed by atoms with Gasteiger partial charge in [0, 0.05) is 10.5 Å². The molecule has 0 aromatic heterocycles. The molecule has 0 radical (unpaired) electrons. The summed E-state index contributed by atoms with van der Waals surface area (Å²) in [5, 5.41) is 3.59. The van der Waals surface area contributed by atoms with Gasteiger partial charge in [0.25, 0.3) is 0 Å². The Labute approximate surface area is 134 Å². The van der Waals surface area contributed by atoms with Crippen LogP contribution in [0.5, 0.6) is 0 Å². The fraction of sp³-hybridized carbons (Fsp3) is 0.333. The summed E-state index contributed by atoms with van der Waals surface area (Å²) in [4.78, 5) is 0. The minimum atomic E-state index is -0.187. The molecule has 1 nitrogen and oxygen atoms in total. The van der Waals surface area contributed by atoms with Crippen LogP contribution < -0.4 is 5.32 Å². The van der Waals surface area contributed by atoms with Crippen LogP contribution in [0.3, 0.4) is 0 Å². The molecule has 2 aromatic carbocycles. The molecule has 0 aliphatic carbocycles. The van der Waals surface area contributed by atoms with Crippen molar-refractivity contribution in [3.8, 4) is 0 Å². The quantitative estimate of drug-likeness (QED) is 0.757. The summed E-state index contributed by atoms with van der Waals surface area (Å²) in [6.07, 6.45) is 1.94. The van der Waals surface area contributed by atoms with E-state index in [-0.39, 0.29) is 11.9 Å². The summed E-state index contributed by atoms with van der Waals surface area (Å²) in [5.74, 6) is -0.187. The molecule has 0 aliphatic rings. The topological polar surface area (TPSA) is 12.0 Å². The Morgan fingerprint density at radius 2 is 1.86 bits per heavy atom. The number of nitrogens with one attached hydrogen (secondary N) is 1. The zero-order valence-corrected chi connectivity index (χ0v) is 14.1. The SMILES string of the molecule is CCCNC(Cc1ccc(F)cc1)c1cc(C)ccc1Br. The molecule has 0 spiro atoms. The summed E-state index contributed by atoms with van der Waals surface area (Å²) in [7, 11) is 0. The third-order valence-electron chi connectivity index (χ3n) is 3.52. The van der Waals surface area contributed by atoms with Crippen LogP contribution >= 0.6 is 15.9 Å². The van der Waals surface area contributed by atoms with E-state index in [9.17, 15) is 4.39 Å². The summed E-state index contributed by atoms with van der Waals surface area (Å²) in [5.41, 5.74) is 3.64. The van der Waals surface area contributed by atoms with E-state index in [0.717, 1.165) is 29.4 Å². The van der Waals surface area contributed by atoms with Crippen molar-refractivity contribution in [1.82, 2.24) is 5.32 Å². The lowest BCUT2D eigenvalue weighted by Gasteiger charge is -2.21. The average molecular weight is 350 g/mol. The largest absolute Gasteiger partial charge is 0.310 e. The molecule has 0 amide bonds. The fourth-order valence-electron chi connectivity index (χ4n) is 2.40. The molecule has 2 aromatic rings. The maximum Gasteiger partial charge on any atom is 0.123 e. The lowest BCUT2D eigenvalue weighted by Crippen LogP contribution is -2.24. The first-order valence-corrected chi connectivity index (χ1v) is 8.13. The van der Waals surface area contributed by atoms with Crippen LogP contribution in [0.25, 0.3) is 0 Å². The first kappa shape index (κ1) is 16.2. The van der Waals surface area contributed by atoms with Gasteiger partial charge < -0.3 is 5.32 Å². The smallest absolute Gasteiger partial charge is 0.123 e. The number of benzene rings is 2. The molecule has 1 atom stereocenters. The van der Waals surface area contributed by atoms with Crippen molar-refractivity contribution >= 4 is 15.9 Å². The van der Waals surface area contributed by atoms with Crippen LogP contribution in [0.15, 0.2) is 46.9 Å². The van der Waals surface area contributed by atoms with E-state index in [4.69, 9.17) is 0 Å². The second-order valence-corrected chi connectivity index (χ2v) is 6.22. The zero-order valence-electron chi connectivity index (χ0n) is 12.5. The highest BCUT2D eigenvalue weighted by Gasteiger charge is 2.15. The van der Waals surface area contributed by atoms with Crippen molar-refractivity contribution in [2.45, 2.75) is 32.7 Å². The van der Waals surface area contributed by atoms with Crippen molar-refractivity contribution in [3.05, 3.63) is 69.4 Å². The highest BCUT2D eigenvalue weighted by Crippen LogP contribution is 2.27. The van der Waals surface area contributed by atoms with Gasteiger partial charge in [-0.15, -0.1) is 0 Å². The molecule has 21 heavy (non-hydrogen) atoms. The van der Waals surface area contributed by atoms with Gasteiger partial charge in [0.1, 0.15) is 5.82 Å². The number of hydrogen-bond donors (Lipinski definition) is 1. The molecular formula is C18H21BrFN. The van der Waals surface area contributed by atoms with Crippen LogP contribution in [-0.2, 0) is 6.42 Å². The van der Waals surface area contributed by atoms with Gasteiger partial charge in [0.2, 0.25) is 0 Å². The molecule has 0 bridgehead atoms. The first-order chi connectivity index (χ1) is 10.1. The molecule has 112 valence electrons. The molecule has 2 rings (SSSR count). The minimum absolute atomic E-state index is 0.187. The van der Waals surface area contributed by atoms with E-state index in [1.165, 1.54) is 23.3 Å². The maximum atomic E-state index is 13.0. The summed E-state index contributed by atoms with van der Waals surface area (Å²) < 4.78 is 14.2. The number of aryl methyl sites for hydroxylation is 1. The van der Waals surface area contributed by atoms with E-state index < -0.39 is 0 Å². The van der Waals surface area contributed by atoms with Crippen LogP contribution in [0, 0.1) is 12.7 Å².